The Morgan fingerprint density at radius 3 is 2.85 bits per heavy atom. The highest BCUT2D eigenvalue weighted by Crippen LogP contribution is 2.37. The van der Waals surface area contributed by atoms with Crippen molar-refractivity contribution in [2.24, 2.45) is 0 Å². The van der Waals surface area contributed by atoms with E-state index in [4.69, 9.17) is 0 Å². The normalized spacial score (nSPS) is 14.2. The summed E-state index contributed by atoms with van der Waals surface area (Å²) in [5.41, 5.74) is 1.92. The summed E-state index contributed by atoms with van der Waals surface area (Å²) in [6.07, 6.45) is 8.69. The van der Waals surface area contributed by atoms with E-state index in [-0.39, 0.29) is 5.91 Å². The second kappa shape index (κ2) is 5.79. The molecule has 0 aliphatic heterocycles. The first-order valence-corrected chi connectivity index (χ1v) is 7.58. The average Bonchev–Trinajstić information content (AvgIpc) is 3.22. The topological polar surface area (TPSA) is 46.9 Å². The lowest BCUT2D eigenvalue weighted by atomic mass is 10.2. The molecule has 1 aliphatic rings. The van der Waals surface area contributed by atoms with Crippen molar-refractivity contribution in [3.05, 3.63) is 52.5 Å². The first-order valence-electron chi connectivity index (χ1n) is 6.78. The maximum atomic E-state index is 12.2. The number of halogens is 1. The lowest BCUT2D eigenvalue weighted by Crippen LogP contribution is -2.27. The quantitative estimate of drug-likeness (QED) is 0.914. The highest BCUT2D eigenvalue weighted by atomic mass is 79.9. The molecule has 0 radical (unpaired) electrons. The van der Waals surface area contributed by atoms with Gasteiger partial charge >= 0.3 is 0 Å². The van der Waals surface area contributed by atoms with Crippen molar-refractivity contribution in [3.8, 4) is 0 Å². The average molecular weight is 334 g/mol. The van der Waals surface area contributed by atoms with E-state index in [1.54, 1.807) is 12.4 Å². The van der Waals surface area contributed by atoms with Gasteiger partial charge in [0.25, 0.3) is 5.91 Å². The van der Waals surface area contributed by atoms with Crippen LogP contribution in [0.2, 0.25) is 0 Å². The minimum absolute atomic E-state index is 0.00310. The van der Waals surface area contributed by atoms with Gasteiger partial charge in [0.2, 0.25) is 0 Å². The third kappa shape index (κ3) is 3.10. The van der Waals surface area contributed by atoms with Crippen molar-refractivity contribution in [2.45, 2.75) is 25.3 Å². The zero-order valence-electron chi connectivity index (χ0n) is 11.1. The number of amides is 1. The number of carbonyl (C=O) groups excluding carboxylic acids is 1. The zero-order valence-corrected chi connectivity index (χ0v) is 12.6. The standard InChI is InChI=1S/C15H16BrN3O/c16-12-9-14(19(10-12)13-1-2-13)15(20)18-8-5-11-3-6-17-7-4-11/h3-4,6-7,9-10,13H,1-2,5,8H2,(H,18,20). The molecule has 0 bridgehead atoms. The minimum Gasteiger partial charge on any atom is -0.350 e. The van der Waals surface area contributed by atoms with Crippen LogP contribution in [0.1, 0.15) is 34.9 Å². The molecule has 2 aromatic heterocycles. The van der Waals surface area contributed by atoms with Crippen LogP contribution >= 0.6 is 15.9 Å². The van der Waals surface area contributed by atoms with Crippen molar-refractivity contribution in [1.82, 2.24) is 14.9 Å². The van der Waals surface area contributed by atoms with Gasteiger partial charge in [0.15, 0.2) is 0 Å². The van der Waals surface area contributed by atoms with Crippen LogP contribution in [0, 0.1) is 0 Å². The molecular weight excluding hydrogens is 318 g/mol. The Kier molecular flexibility index (Phi) is 3.87. The van der Waals surface area contributed by atoms with Crippen molar-refractivity contribution in [2.75, 3.05) is 6.54 Å². The monoisotopic (exact) mass is 333 g/mol. The van der Waals surface area contributed by atoms with E-state index in [1.807, 2.05) is 24.4 Å². The number of nitrogens with one attached hydrogen (secondary N) is 1. The molecular formula is C15H16BrN3O. The third-order valence-corrected chi connectivity index (χ3v) is 3.87. The SMILES string of the molecule is O=C(NCCc1ccncc1)c1cc(Br)cn1C1CC1. The van der Waals surface area contributed by atoms with Crippen LogP contribution in [-0.2, 0) is 6.42 Å². The molecule has 2 aromatic rings. The fraction of sp³-hybridized carbons (Fsp3) is 0.333. The Morgan fingerprint density at radius 1 is 1.40 bits per heavy atom. The smallest absolute Gasteiger partial charge is 0.267 e. The van der Waals surface area contributed by atoms with Crippen LogP contribution in [0.4, 0.5) is 0 Å². The lowest BCUT2D eigenvalue weighted by Gasteiger charge is -2.08. The Balaban J connectivity index is 1.59. The van der Waals surface area contributed by atoms with Crippen molar-refractivity contribution >= 4 is 21.8 Å². The van der Waals surface area contributed by atoms with Crippen LogP contribution < -0.4 is 5.32 Å². The summed E-state index contributed by atoms with van der Waals surface area (Å²) in [6.45, 7) is 0.635. The van der Waals surface area contributed by atoms with E-state index in [1.165, 1.54) is 18.4 Å². The van der Waals surface area contributed by atoms with Gasteiger partial charge in [0.05, 0.1) is 0 Å². The van der Waals surface area contributed by atoms with E-state index in [0.717, 1.165) is 16.6 Å². The molecule has 1 N–H and O–H groups in total. The van der Waals surface area contributed by atoms with Crippen molar-refractivity contribution in [3.63, 3.8) is 0 Å². The van der Waals surface area contributed by atoms with Gasteiger partial charge < -0.3 is 9.88 Å². The molecule has 4 nitrogen and oxygen atoms in total. The molecule has 1 saturated carbocycles. The van der Waals surface area contributed by atoms with Gasteiger partial charge in [-0.25, -0.2) is 0 Å². The van der Waals surface area contributed by atoms with Gasteiger partial charge in [-0.1, -0.05) is 0 Å². The van der Waals surface area contributed by atoms with E-state index in [2.05, 4.69) is 30.8 Å². The predicted molar refractivity (Wildman–Crippen MR) is 80.7 cm³/mol. The second-order valence-electron chi connectivity index (χ2n) is 5.04. The summed E-state index contributed by atoms with van der Waals surface area (Å²) >= 11 is 3.44. The Bertz CT molecular complexity index is 605. The maximum absolute atomic E-state index is 12.2. The summed E-state index contributed by atoms with van der Waals surface area (Å²) in [5.74, 6) is -0.00310. The Hall–Kier alpha value is -1.62. The fourth-order valence-corrected chi connectivity index (χ4v) is 2.68. The molecule has 2 heterocycles. The van der Waals surface area contributed by atoms with Crippen LogP contribution in [0.3, 0.4) is 0 Å². The third-order valence-electron chi connectivity index (χ3n) is 3.44. The maximum Gasteiger partial charge on any atom is 0.267 e. The lowest BCUT2D eigenvalue weighted by molar-refractivity contribution is 0.0944. The molecule has 1 aliphatic carbocycles. The van der Waals surface area contributed by atoms with Crippen LogP contribution in [-0.4, -0.2) is 22.0 Å². The summed E-state index contributed by atoms with van der Waals surface area (Å²) in [4.78, 5) is 16.2. The number of rotatable bonds is 5. The summed E-state index contributed by atoms with van der Waals surface area (Å²) in [5, 5.41) is 2.98. The minimum atomic E-state index is -0.00310. The fourth-order valence-electron chi connectivity index (χ4n) is 2.24. The number of hydrogen-bond acceptors (Lipinski definition) is 2. The molecule has 104 valence electrons. The van der Waals surface area contributed by atoms with Crippen molar-refractivity contribution < 1.29 is 4.79 Å². The zero-order chi connectivity index (χ0) is 13.9. The number of aromatic nitrogens is 2. The van der Waals surface area contributed by atoms with Gasteiger partial charge in [0.1, 0.15) is 5.69 Å². The molecule has 1 amide bonds. The second-order valence-corrected chi connectivity index (χ2v) is 5.96. The van der Waals surface area contributed by atoms with Gasteiger partial charge in [-0.3, -0.25) is 9.78 Å². The number of pyridine rings is 1. The van der Waals surface area contributed by atoms with E-state index < -0.39 is 0 Å². The molecule has 20 heavy (non-hydrogen) atoms. The van der Waals surface area contributed by atoms with Crippen LogP contribution in [0.25, 0.3) is 0 Å². The van der Waals surface area contributed by atoms with Gasteiger partial charge in [0, 0.05) is 35.6 Å². The largest absolute Gasteiger partial charge is 0.350 e. The first kappa shape index (κ1) is 13.4. The number of hydrogen-bond donors (Lipinski definition) is 1. The van der Waals surface area contributed by atoms with Gasteiger partial charge in [-0.15, -0.1) is 0 Å². The van der Waals surface area contributed by atoms with E-state index >= 15 is 0 Å². The highest BCUT2D eigenvalue weighted by Gasteiger charge is 2.27. The molecule has 1 fully saturated rings. The molecule has 5 heteroatoms. The molecule has 0 atom stereocenters. The number of carbonyl (C=O) groups is 1. The number of nitrogens with zero attached hydrogens (tertiary/aromatic N) is 2. The van der Waals surface area contributed by atoms with E-state index in [0.29, 0.717) is 12.6 Å². The molecule has 3 rings (SSSR count). The van der Waals surface area contributed by atoms with Gasteiger partial charge in [-0.05, 0) is 59.0 Å². The first-order chi connectivity index (χ1) is 9.74. The van der Waals surface area contributed by atoms with Crippen LogP contribution in [0.5, 0.6) is 0 Å². The summed E-state index contributed by atoms with van der Waals surface area (Å²) < 4.78 is 3.04. The summed E-state index contributed by atoms with van der Waals surface area (Å²) in [6, 6.07) is 6.33. The predicted octanol–water partition coefficient (Wildman–Crippen LogP) is 2.95. The highest BCUT2D eigenvalue weighted by molar-refractivity contribution is 9.10. The Morgan fingerprint density at radius 2 is 2.15 bits per heavy atom. The Labute approximate surface area is 126 Å². The summed E-state index contributed by atoms with van der Waals surface area (Å²) in [7, 11) is 0. The molecule has 0 aromatic carbocycles. The molecule has 0 saturated heterocycles. The van der Waals surface area contributed by atoms with Gasteiger partial charge in [-0.2, -0.15) is 0 Å². The van der Waals surface area contributed by atoms with Crippen LogP contribution in [0.15, 0.2) is 41.3 Å². The van der Waals surface area contributed by atoms with E-state index in [9.17, 15) is 4.79 Å². The molecule has 0 spiro atoms. The molecule has 0 unspecified atom stereocenters. The van der Waals surface area contributed by atoms with Crippen molar-refractivity contribution in [1.29, 1.82) is 0 Å².